The Morgan fingerprint density at radius 3 is 2.85 bits per heavy atom. The number of ether oxygens (including phenoxy) is 1. The number of halogens is 1. The molecule has 0 radical (unpaired) electrons. The highest BCUT2D eigenvalue weighted by Gasteiger charge is 2.10. The predicted molar refractivity (Wildman–Crippen MR) is 81.1 cm³/mol. The van der Waals surface area contributed by atoms with Crippen LogP contribution in [0.4, 0.5) is 5.69 Å². The fourth-order valence-corrected chi connectivity index (χ4v) is 2.50. The number of hydrogen-bond donors (Lipinski definition) is 1. The molecule has 0 aliphatic heterocycles. The summed E-state index contributed by atoms with van der Waals surface area (Å²) < 4.78 is 7.76. The van der Waals surface area contributed by atoms with Gasteiger partial charge < -0.3 is 10.5 Å². The Bertz CT molecular complexity index is 537. The molecule has 0 amide bonds. The van der Waals surface area contributed by atoms with E-state index < -0.39 is 0 Å². The zero-order chi connectivity index (χ0) is 14.4. The Kier molecular flexibility index (Phi) is 5.49. The van der Waals surface area contributed by atoms with Crippen LogP contribution in [0.2, 0.25) is 0 Å². The standard InChI is InChI=1S/C13H18BrN5O/c1-20-6-4-2-3-5-19-13(16-17-18-19)10-7-11(14)9-12(15)8-10/h7-9H,2-6,15H2,1H3. The van der Waals surface area contributed by atoms with Crippen LogP contribution in [0.15, 0.2) is 22.7 Å². The number of unbranched alkanes of at least 4 members (excludes halogenated alkanes) is 2. The largest absolute Gasteiger partial charge is 0.399 e. The van der Waals surface area contributed by atoms with Crippen molar-refractivity contribution in [2.75, 3.05) is 19.5 Å². The number of methoxy groups -OCH3 is 1. The van der Waals surface area contributed by atoms with Crippen molar-refractivity contribution >= 4 is 21.6 Å². The highest BCUT2D eigenvalue weighted by Crippen LogP contribution is 2.24. The molecule has 0 unspecified atom stereocenters. The van der Waals surface area contributed by atoms with Crippen molar-refractivity contribution in [3.05, 3.63) is 22.7 Å². The molecule has 0 fully saturated rings. The van der Waals surface area contributed by atoms with Crippen LogP contribution >= 0.6 is 15.9 Å². The minimum Gasteiger partial charge on any atom is -0.399 e. The summed E-state index contributed by atoms with van der Waals surface area (Å²) in [5, 5.41) is 11.9. The molecular weight excluding hydrogens is 322 g/mol. The van der Waals surface area contributed by atoms with Gasteiger partial charge in [-0.05, 0) is 47.9 Å². The van der Waals surface area contributed by atoms with E-state index in [-0.39, 0.29) is 0 Å². The molecule has 1 aromatic heterocycles. The van der Waals surface area contributed by atoms with Crippen molar-refractivity contribution in [2.45, 2.75) is 25.8 Å². The lowest BCUT2D eigenvalue weighted by molar-refractivity contribution is 0.191. The van der Waals surface area contributed by atoms with Crippen molar-refractivity contribution in [2.24, 2.45) is 0 Å². The molecule has 0 atom stereocenters. The molecule has 1 heterocycles. The lowest BCUT2D eigenvalue weighted by Crippen LogP contribution is -2.04. The summed E-state index contributed by atoms with van der Waals surface area (Å²) in [6.45, 7) is 1.59. The van der Waals surface area contributed by atoms with Crippen molar-refractivity contribution in [1.82, 2.24) is 20.2 Å². The molecule has 0 saturated heterocycles. The minimum absolute atomic E-state index is 0.684. The first kappa shape index (κ1) is 14.9. The third-order valence-electron chi connectivity index (χ3n) is 2.93. The molecule has 6 nitrogen and oxygen atoms in total. The van der Waals surface area contributed by atoms with Gasteiger partial charge in [0.05, 0.1) is 0 Å². The zero-order valence-corrected chi connectivity index (χ0v) is 13.0. The fourth-order valence-electron chi connectivity index (χ4n) is 1.99. The SMILES string of the molecule is COCCCCCn1nnnc1-c1cc(N)cc(Br)c1. The van der Waals surface area contributed by atoms with Gasteiger partial charge in [-0.15, -0.1) is 5.10 Å². The van der Waals surface area contributed by atoms with Crippen molar-refractivity contribution in [3.8, 4) is 11.4 Å². The van der Waals surface area contributed by atoms with Crippen molar-refractivity contribution in [3.63, 3.8) is 0 Å². The fraction of sp³-hybridized carbons (Fsp3) is 0.462. The minimum atomic E-state index is 0.684. The third kappa shape index (κ3) is 4.01. The second kappa shape index (κ2) is 7.35. The molecule has 0 aliphatic carbocycles. The van der Waals surface area contributed by atoms with E-state index >= 15 is 0 Å². The zero-order valence-electron chi connectivity index (χ0n) is 11.4. The number of aromatic nitrogens is 4. The number of benzene rings is 1. The first-order chi connectivity index (χ1) is 9.70. The average molecular weight is 340 g/mol. The van der Waals surface area contributed by atoms with Gasteiger partial charge in [-0.2, -0.15) is 0 Å². The van der Waals surface area contributed by atoms with Gasteiger partial charge in [-0.1, -0.05) is 15.9 Å². The molecule has 20 heavy (non-hydrogen) atoms. The summed E-state index contributed by atoms with van der Waals surface area (Å²) in [5.41, 5.74) is 7.45. The topological polar surface area (TPSA) is 78.8 Å². The average Bonchev–Trinajstić information content (AvgIpc) is 2.86. The Hall–Kier alpha value is -1.47. The maximum Gasteiger partial charge on any atom is 0.182 e. The van der Waals surface area contributed by atoms with Gasteiger partial charge in [0.15, 0.2) is 5.82 Å². The van der Waals surface area contributed by atoms with Crippen LogP contribution in [-0.2, 0) is 11.3 Å². The predicted octanol–water partition coefficient (Wildman–Crippen LogP) is 2.50. The molecule has 2 rings (SSSR count). The summed E-state index contributed by atoms with van der Waals surface area (Å²) in [7, 11) is 1.72. The number of anilines is 1. The van der Waals surface area contributed by atoms with Gasteiger partial charge in [-0.3, -0.25) is 0 Å². The molecule has 2 aromatic rings. The number of nitrogen functional groups attached to an aromatic ring is 1. The van der Waals surface area contributed by atoms with E-state index in [1.165, 1.54) is 0 Å². The number of hydrogen-bond acceptors (Lipinski definition) is 5. The van der Waals surface area contributed by atoms with E-state index in [9.17, 15) is 0 Å². The van der Waals surface area contributed by atoms with E-state index in [1.54, 1.807) is 7.11 Å². The summed E-state index contributed by atoms with van der Waals surface area (Å²) in [6.07, 6.45) is 3.16. The lowest BCUT2D eigenvalue weighted by atomic mass is 10.2. The van der Waals surface area contributed by atoms with Crippen LogP contribution in [0.1, 0.15) is 19.3 Å². The normalized spacial score (nSPS) is 10.9. The number of rotatable bonds is 7. The highest BCUT2D eigenvalue weighted by atomic mass is 79.9. The number of aryl methyl sites for hydroxylation is 1. The van der Waals surface area contributed by atoms with Gasteiger partial charge in [0.25, 0.3) is 0 Å². The molecule has 1 aromatic carbocycles. The summed E-state index contributed by atoms with van der Waals surface area (Å²) >= 11 is 3.43. The molecule has 0 aliphatic rings. The molecule has 0 saturated carbocycles. The monoisotopic (exact) mass is 339 g/mol. The smallest absolute Gasteiger partial charge is 0.182 e. The van der Waals surface area contributed by atoms with Crippen LogP contribution < -0.4 is 5.73 Å². The van der Waals surface area contributed by atoms with E-state index in [2.05, 4.69) is 31.5 Å². The van der Waals surface area contributed by atoms with Gasteiger partial charge in [-0.25, -0.2) is 4.68 Å². The van der Waals surface area contributed by atoms with Crippen LogP contribution in [-0.4, -0.2) is 33.9 Å². The quantitative estimate of drug-likeness (QED) is 0.619. The first-order valence-corrected chi connectivity index (χ1v) is 7.31. The lowest BCUT2D eigenvalue weighted by Gasteiger charge is -2.06. The maximum absolute atomic E-state index is 5.85. The Morgan fingerprint density at radius 1 is 1.25 bits per heavy atom. The van der Waals surface area contributed by atoms with Crippen LogP contribution in [0, 0.1) is 0 Å². The van der Waals surface area contributed by atoms with Crippen LogP contribution in [0.25, 0.3) is 11.4 Å². The Balaban J connectivity index is 2.04. The number of nitrogens with zero attached hydrogens (tertiary/aromatic N) is 4. The first-order valence-electron chi connectivity index (χ1n) is 6.52. The third-order valence-corrected chi connectivity index (χ3v) is 3.39. The van der Waals surface area contributed by atoms with Crippen molar-refractivity contribution in [1.29, 1.82) is 0 Å². The maximum atomic E-state index is 5.85. The molecule has 0 spiro atoms. The van der Waals surface area contributed by atoms with E-state index in [0.29, 0.717) is 5.69 Å². The van der Waals surface area contributed by atoms with Gasteiger partial charge >= 0.3 is 0 Å². The van der Waals surface area contributed by atoms with E-state index in [1.807, 2.05) is 22.9 Å². The van der Waals surface area contributed by atoms with Crippen molar-refractivity contribution < 1.29 is 4.74 Å². The Labute approximate surface area is 126 Å². The summed E-state index contributed by atoms with van der Waals surface area (Å²) in [6, 6.07) is 5.68. The molecule has 108 valence electrons. The van der Waals surface area contributed by atoms with Crippen LogP contribution in [0.5, 0.6) is 0 Å². The molecule has 0 bridgehead atoms. The molecule has 2 N–H and O–H groups in total. The number of nitrogens with two attached hydrogens (primary N) is 1. The van der Waals surface area contributed by atoms with E-state index in [4.69, 9.17) is 10.5 Å². The van der Waals surface area contributed by atoms with Gasteiger partial charge in [0.2, 0.25) is 0 Å². The Morgan fingerprint density at radius 2 is 2.10 bits per heavy atom. The van der Waals surface area contributed by atoms with E-state index in [0.717, 1.165) is 48.3 Å². The number of tetrazole rings is 1. The van der Waals surface area contributed by atoms with Gasteiger partial charge in [0, 0.05) is 36.0 Å². The van der Waals surface area contributed by atoms with Crippen LogP contribution in [0.3, 0.4) is 0 Å². The summed E-state index contributed by atoms with van der Waals surface area (Å²) in [4.78, 5) is 0. The van der Waals surface area contributed by atoms with Gasteiger partial charge in [0.1, 0.15) is 0 Å². The molecule has 7 heteroatoms. The highest BCUT2D eigenvalue weighted by molar-refractivity contribution is 9.10. The molecular formula is C13H18BrN5O. The second-order valence-corrected chi connectivity index (χ2v) is 5.47. The summed E-state index contributed by atoms with van der Waals surface area (Å²) in [5.74, 6) is 0.741. The second-order valence-electron chi connectivity index (χ2n) is 4.55.